The summed E-state index contributed by atoms with van der Waals surface area (Å²) in [6.07, 6.45) is 12.5. The van der Waals surface area contributed by atoms with E-state index in [1.807, 2.05) is 41.6 Å². The molecule has 1 rings (SSSR count). The summed E-state index contributed by atoms with van der Waals surface area (Å²) in [6.45, 7) is 0.751. The Balaban J connectivity index is 2.25. The minimum Gasteiger partial charge on any atom is -0.481 e. The van der Waals surface area contributed by atoms with Gasteiger partial charge in [-0.15, -0.1) is 0 Å². The Kier molecular flexibility index (Phi) is 3.82. The van der Waals surface area contributed by atoms with Crippen molar-refractivity contribution in [1.29, 1.82) is 0 Å². The molecule has 3 heteroatoms. The molecule has 0 saturated carbocycles. The highest BCUT2D eigenvalue weighted by Crippen LogP contribution is 2.01. The maximum absolute atomic E-state index is 10.2. The summed E-state index contributed by atoms with van der Waals surface area (Å²) in [4.78, 5) is 12.2. The highest BCUT2D eigenvalue weighted by atomic mass is 16.4. The van der Waals surface area contributed by atoms with E-state index >= 15 is 0 Å². The molecule has 13 heavy (non-hydrogen) atoms. The topological polar surface area (TPSA) is 40.5 Å². The third kappa shape index (κ3) is 4.15. The van der Waals surface area contributed by atoms with Crippen LogP contribution in [0.5, 0.6) is 0 Å². The Morgan fingerprint density at radius 2 is 1.77 bits per heavy atom. The molecule has 0 bridgehead atoms. The summed E-state index contributed by atoms with van der Waals surface area (Å²) in [7, 11) is 0. The Hall–Kier alpha value is -1.51. The second-order valence-corrected chi connectivity index (χ2v) is 2.80. The Morgan fingerprint density at radius 3 is 2.31 bits per heavy atom. The van der Waals surface area contributed by atoms with Gasteiger partial charge in [0.05, 0.1) is 0 Å². The molecule has 1 aliphatic heterocycles. The highest BCUT2D eigenvalue weighted by molar-refractivity contribution is 5.66. The number of hydrogen-bond donors (Lipinski definition) is 1. The summed E-state index contributed by atoms with van der Waals surface area (Å²) in [5.74, 6) is -0.735. The Morgan fingerprint density at radius 1 is 1.15 bits per heavy atom. The van der Waals surface area contributed by atoms with Crippen molar-refractivity contribution in [1.82, 2.24) is 4.90 Å². The van der Waals surface area contributed by atoms with E-state index in [1.54, 1.807) is 0 Å². The van der Waals surface area contributed by atoms with Gasteiger partial charge in [0, 0.05) is 25.4 Å². The van der Waals surface area contributed by atoms with Crippen LogP contribution >= 0.6 is 0 Å². The minimum absolute atomic E-state index is 0.228. The second kappa shape index (κ2) is 5.19. The first-order valence-corrected chi connectivity index (χ1v) is 4.28. The number of allylic oxidation sites excluding steroid dienone is 4. The van der Waals surface area contributed by atoms with Gasteiger partial charge in [0.2, 0.25) is 0 Å². The van der Waals surface area contributed by atoms with Gasteiger partial charge in [-0.2, -0.15) is 0 Å². The molecule has 0 saturated heterocycles. The summed E-state index contributed by atoms with van der Waals surface area (Å²) < 4.78 is 0. The molecule has 0 fully saturated rings. The van der Waals surface area contributed by atoms with Crippen molar-refractivity contribution in [3.63, 3.8) is 0 Å². The molecule has 0 radical (unpaired) electrons. The van der Waals surface area contributed by atoms with Gasteiger partial charge >= 0.3 is 5.97 Å². The zero-order chi connectivity index (χ0) is 9.52. The average Bonchev–Trinajstić information content (AvgIpc) is 2.32. The van der Waals surface area contributed by atoms with Gasteiger partial charge in [-0.05, 0) is 18.6 Å². The molecule has 0 unspecified atom stereocenters. The van der Waals surface area contributed by atoms with E-state index in [2.05, 4.69) is 0 Å². The van der Waals surface area contributed by atoms with Gasteiger partial charge in [0.15, 0.2) is 0 Å². The second-order valence-electron chi connectivity index (χ2n) is 2.80. The van der Waals surface area contributed by atoms with Crippen LogP contribution in [0.1, 0.15) is 12.8 Å². The van der Waals surface area contributed by atoms with E-state index < -0.39 is 5.97 Å². The normalized spacial score (nSPS) is 14.6. The largest absolute Gasteiger partial charge is 0.481 e. The van der Waals surface area contributed by atoms with Crippen LogP contribution < -0.4 is 0 Å². The molecule has 0 atom stereocenters. The maximum atomic E-state index is 10.2. The summed E-state index contributed by atoms with van der Waals surface area (Å²) in [5, 5.41) is 8.43. The molecule has 0 aromatic carbocycles. The van der Waals surface area contributed by atoms with Crippen LogP contribution in [0.15, 0.2) is 36.7 Å². The van der Waals surface area contributed by atoms with E-state index in [4.69, 9.17) is 5.11 Å². The van der Waals surface area contributed by atoms with Crippen LogP contribution in [0.3, 0.4) is 0 Å². The predicted octanol–water partition coefficient (Wildman–Crippen LogP) is 1.75. The number of carboxylic acids is 1. The molecule has 3 nitrogen and oxygen atoms in total. The fourth-order valence-corrected chi connectivity index (χ4v) is 1.06. The lowest BCUT2D eigenvalue weighted by molar-refractivity contribution is -0.137. The third-order valence-corrected chi connectivity index (χ3v) is 1.70. The molecule has 0 aromatic rings. The molecule has 1 heterocycles. The highest BCUT2D eigenvalue weighted by Gasteiger charge is 1.99. The van der Waals surface area contributed by atoms with Crippen LogP contribution in [0.2, 0.25) is 0 Å². The SMILES string of the molecule is O=C(O)CCCN1C=CC=CC=C1. The quantitative estimate of drug-likeness (QED) is 0.714. The smallest absolute Gasteiger partial charge is 0.303 e. The van der Waals surface area contributed by atoms with Crippen LogP contribution in [0.4, 0.5) is 0 Å². The lowest BCUT2D eigenvalue weighted by Gasteiger charge is -2.13. The number of carbonyl (C=O) groups is 1. The van der Waals surface area contributed by atoms with Crippen LogP contribution in [0.25, 0.3) is 0 Å². The molecule has 0 spiro atoms. The van der Waals surface area contributed by atoms with Gasteiger partial charge in [-0.3, -0.25) is 4.79 Å². The van der Waals surface area contributed by atoms with Gasteiger partial charge in [0.1, 0.15) is 0 Å². The van der Waals surface area contributed by atoms with Crippen molar-refractivity contribution in [2.45, 2.75) is 12.8 Å². The van der Waals surface area contributed by atoms with Gasteiger partial charge in [0.25, 0.3) is 0 Å². The molecule has 0 aliphatic carbocycles. The number of rotatable bonds is 4. The first-order chi connectivity index (χ1) is 6.29. The van der Waals surface area contributed by atoms with Crippen molar-refractivity contribution in [2.75, 3.05) is 6.54 Å². The number of nitrogens with zero attached hydrogens (tertiary/aromatic N) is 1. The average molecular weight is 179 g/mol. The molecule has 1 N–H and O–H groups in total. The standard InChI is InChI=1S/C10H13NO2/c12-10(13)6-5-9-11-7-3-1-2-4-8-11/h1-4,7-8H,5-6,9H2,(H,12,13). The van der Waals surface area contributed by atoms with Gasteiger partial charge < -0.3 is 10.0 Å². The molecular weight excluding hydrogens is 166 g/mol. The van der Waals surface area contributed by atoms with Crippen LogP contribution in [0, 0.1) is 0 Å². The van der Waals surface area contributed by atoms with E-state index in [0.29, 0.717) is 6.42 Å². The Bertz CT molecular complexity index is 238. The first kappa shape index (κ1) is 9.58. The summed E-state index contributed by atoms with van der Waals surface area (Å²) >= 11 is 0. The Labute approximate surface area is 77.7 Å². The van der Waals surface area contributed by atoms with Crippen molar-refractivity contribution in [2.24, 2.45) is 0 Å². The fraction of sp³-hybridized carbons (Fsp3) is 0.300. The predicted molar refractivity (Wildman–Crippen MR) is 51.0 cm³/mol. The zero-order valence-corrected chi connectivity index (χ0v) is 7.39. The summed E-state index contributed by atoms with van der Waals surface area (Å²) in [6, 6.07) is 0. The lowest BCUT2D eigenvalue weighted by atomic mass is 10.3. The molecule has 70 valence electrons. The number of carboxylic acid groups (broad SMARTS) is 1. The van der Waals surface area contributed by atoms with E-state index in [1.165, 1.54) is 0 Å². The van der Waals surface area contributed by atoms with Crippen molar-refractivity contribution >= 4 is 5.97 Å². The van der Waals surface area contributed by atoms with E-state index in [0.717, 1.165) is 6.54 Å². The summed E-state index contributed by atoms with van der Waals surface area (Å²) in [5.41, 5.74) is 0. The van der Waals surface area contributed by atoms with Crippen LogP contribution in [-0.4, -0.2) is 22.5 Å². The number of aliphatic carboxylic acids is 1. The zero-order valence-electron chi connectivity index (χ0n) is 7.39. The third-order valence-electron chi connectivity index (χ3n) is 1.70. The molecular formula is C10H13NO2. The van der Waals surface area contributed by atoms with Gasteiger partial charge in [-0.1, -0.05) is 12.2 Å². The van der Waals surface area contributed by atoms with E-state index in [-0.39, 0.29) is 6.42 Å². The lowest BCUT2D eigenvalue weighted by Crippen LogP contribution is -2.12. The van der Waals surface area contributed by atoms with Crippen molar-refractivity contribution in [3.05, 3.63) is 36.7 Å². The molecule has 1 aliphatic rings. The first-order valence-electron chi connectivity index (χ1n) is 4.28. The van der Waals surface area contributed by atoms with E-state index in [9.17, 15) is 4.79 Å². The van der Waals surface area contributed by atoms with Crippen molar-refractivity contribution in [3.8, 4) is 0 Å². The monoisotopic (exact) mass is 179 g/mol. The minimum atomic E-state index is -0.735. The molecule has 0 amide bonds. The maximum Gasteiger partial charge on any atom is 0.303 e. The fourth-order valence-electron chi connectivity index (χ4n) is 1.06. The number of hydrogen-bond acceptors (Lipinski definition) is 2. The van der Waals surface area contributed by atoms with Gasteiger partial charge in [-0.25, -0.2) is 0 Å². The van der Waals surface area contributed by atoms with Crippen LogP contribution in [-0.2, 0) is 4.79 Å². The molecule has 0 aromatic heterocycles. The van der Waals surface area contributed by atoms with Crippen molar-refractivity contribution < 1.29 is 9.90 Å².